The zero-order chi connectivity index (χ0) is 22.3. The van der Waals surface area contributed by atoms with E-state index in [1.807, 2.05) is 29.2 Å². The van der Waals surface area contributed by atoms with Crippen LogP contribution in [-0.4, -0.2) is 91.2 Å². The second kappa shape index (κ2) is 11.1. The highest BCUT2D eigenvalue weighted by atomic mass is 16.3. The molecule has 0 saturated carbocycles. The molecule has 1 saturated heterocycles. The van der Waals surface area contributed by atoms with Crippen molar-refractivity contribution in [3.8, 4) is 0 Å². The molecule has 2 aromatic carbocycles. The number of piperazine rings is 1. The summed E-state index contributed by atoms with van der Waals surface area (Å²) in [5.74, 6) is 0.202. The van der Waals surface area contributed by atoms with E-state index in [2.05, 4.69) is 52.1 Å². The van der Waals surface area contributed by atoms with Gasteiger partial charge in [0.2, 0.25) is 5.91 Å². The molecule has 6 nitrogen and oxygen atoms in total. The van der Waals surface area contributed by atoms with Gasteiger partial charge in [0.05, 0.1) is 12.6 Å². The van der Waals surface area contributed by atoms with Crippen LogP contribution in [0.2, 0.25) is 0 Å². The molecule has 1 atom stereocenters. The Morgan fingerprint density at radius 1 is 0.969 bits per heavy atom. The van der Waals surface area contributed by atoms with E-state index in [-0.39, 0.29) is 12.0 Å². The first-order chi connectivity index (χ1) is 15.6. The molecule has 4 rings (SSSR count). The van der Waals surface area contributed by atoms with E-state index in [4.69, 9.17) is 0 Å². The Morgan fingerprint density at radius 2 is 1.66 bits per heavy atom. The second-order valence-corrected chi connectivity index (χ2v) is 9.19. The van der Waals surface area contributed by atoms with Crippen molar-refractivity contribution in [2.45, 2.75) is 25.5 Å². The summed E-state index contributed by atoms with van der Waals surface area (Å²) in [5, 5.41) is 10.6. The molecule has 2 aliphatic heterocycles. The Balaban J connectivity index is 1.19. The van der Waals surface area contributed by atoms with E-state index in [9.17, 15) is 9.90 Å². The van der Waals surface area contributed by atoms with Crippen LogP contribution in [0.15, 0.2) is 54.6 Å². The summed E-state index contributed by atoms with van der Waals surface area (Å²) in [6.45, 7) is 6.99. The second-order valence-electron chi connectivity index (χ2n) is 9.19. The fourth-order valence-electron chi connectivity index (χ4n) is 4.87. The molecule has 32 heavy (non-hydrogen) atoms. The van der Waals surface area contributed by atoms with Crippen LogP contribution in [0, 0.1) is 0 Å². The fourth-order valence-corrected chi connectivity index (χ4v) is 4.87. The van der Waals surface area contributed by atoms with Crippen molar-refractivity contribution < 1.29 is 9.90 Å². The van der Waals surface area contributed by atoms with Gasteiger partial charge in [-0.3, -0.25) is 19.5 Å². The number of hydrogen-bond donors (Lipinski definition) is 1. The molecule has 2 heterocycles. The van der Waals surface area contributed by atoms with Crippen LogP contribution in [0.3, 0.4) is 0 Å². The fraction of sp³-hybridized carbons (Fsp3) is 0.500. The van der Waals surface area contributed by atoms with Gasteiger partial charge < -0.3 is 10.0 Å². The summed E-state index contributed by atoms with van der Waals surface area (Å²) < 4.78 is 0. The lowest BCUT2D eigenvalue weighted by atomic mass is 10.0. The SMILES string of the molecule is CN(Cc1ccccc1)CC(O)CN1CCN(CC(=O)N2CCCc3ccccc32)CC1. The molecule has 172 valence electrons. The number of amides is 1. The van der Waals surface area contributed by atoms with Gasteiger partial charge in [-0.15, -0.1) is 0 Å². The molecular formula is C26H36N4O2. The first kappa shape index (κ1) is 22.9. The Bertz CT molecular complexity index is 867. The molecule has 1 N–H and O–H groups in total. The third-order valence-corrected chi connectivity index (χ3v) is 6.52. The third-order valence-electron chi connectivity index (χ3n) is 6.52. The Kier molecular flexibility index (Phi) is 7.92. The maximum absolute atomic E-state index is 13.0. The molecule has 2 aliphatic rings. The van der Waals surface area contributed by atoms with Crippen molar-refractivity contribution in [1.29, 1.82) is 0 Å². The van der Waals surface area contributed by atoms with Crippen LogP contribution < -0.4 is 4.90 Å². The highest BCUT2D eigenvalue weighted by Crippen LogP contribution is 2.26. The smallest absolute Gasteiger partial charge is 0.241 e. The predicted octanol–water partition coefficient (Wildman–Crippen LogP) is 2.08. The number of carbonyl (C=O) groups is 1. The third kappa shape index (κ3) is 6.17. The number of fused-ring (bicyclic) bond motifs is 1. The van der Waals surface area contributed by atoms with E-state index in [0.717, 1.165) is 57.8 Å². The van der Waals surface area contributed by atoms with Gasteiger partial charge in [-0.05, 0) is 37.1 Å². The molecule has 1 fully saturated rings. The Labute approximate surface area is 192 Å². The molecule has 2 aromatic rings. The summed E-state index contributed by atoms with van der Waals surface area (Å²) in [6, 6.07) is 18.6. The number of benzene rings is 2. The standard InChI is InChI=1S/C26H36N4O2/c1-27(18-22-8-3-2-4-9-22)19-24(31)20-28-14-16-29(17-15-28)21-26(32)30-13-7-11-23-10-5-6-12-25(23)30/h2-6,8-10,12,24,31H,7,11,13-21H2,1H3. The topological polar surface area (TPSA) is 50.3 Å². The van der Waals surface area contributed by atoms with E-state index < -0.39 is 0 Å². The number of β-amino-alcohol motifs (C(OH)–C–C–N with tert-alkyl or cyclic N) is 1. The monoisotopic (exact) mass is 436 g/mol. The van der Waals surface area contributed by atoms with Crippen molar-refractivity contribution in [2.75, 3.05) is 64.3 Å². The lowest BCUT2D eigenvalue weighted by Crippen LogP contribution is -2.52. The lowest BCUT2D eigenvalue weighted by molar-refractivity contribution is -0.120. The molecule has 1 unspecified atom stereocenters. The zero-order valence-corrected chi connectivity index (χ0v) is 19.2. The minimum absolute atomic E-state index is 0.202. The maximum atomic E-state index is 13.0. The Hall–Kier alpha value is -2.25. The van der Waals surface area contributed by atoms with Crippen LogP contribution in [0.25, 0.3) is 0 Å². The number of aliphatic hydroxyl groups excluding tert-OH is 1. The average molecular weight is 437 g/mol. The van der Waals surface area contributed by atoms with Gasteiger partial charge in [0, 0.05) is 58.0 Å². The van der Waals surface area contributed by atoms with Gasteiger partial charge in [0.1, 0.15) is 0 Å². The minimum atomic E-state index is -0.373. The van der Waals surface area contributed by atoms with Crippen molar-refractivity contribution in [3.63, 3.8) is 0 Å². The minimum Gasteiger partial charge on any atom is -0.390 e. The first-order valence-electron chi connectivity index (χ1n) is 11.8. The highest BCUT2D eigenvalue weighted by Gasteiger charge is 2.26. The number of hydrogen-bond acceptors (Lipinski definition) is 5. The number of anilines is 1. The maximum Gasteiger partial charge on any atom is 0.241 e. The van der Waals surface area contributed by atoms with Crippen molar-refractivity contribution in [1.82, 2.24) is 14.7 Å². The van der Waals surface area contributed by atoms with Crippen LogP contribution >= 0.6 is 0 Å². The van der Waals surface area contributed by atoms with Gasteiger partial charge in [0.25, 0.3) is 0 Å². The van der Waals surface area contributed by atoms with E-state index in [1.165, 1.54) is 11.1 Å². The lowest BCUT2D eigenvalue weighted by Gasteiger charge is -2.37. The molecule has 6 heteroatoms. The number of rotatable bonds is 8. The molecular weight excluding hydrogens is 400 g/mol. The van der Waals surface area contributed by atoms with Gasteiger partial charge in [0.15, 0.2) is 0 Å². The summed E-state index contributed by atoms with van der Waals surface area (Å²) in [4.78, 5) is 21.7. The van der Waals surface area contributed by atoms with Gasteiger partial charge in [-0.25, -0.2) is 0 Å². The van der Waals surface area contributed by atoms with Crippen molar-refractivity contribution in [2.24, 2.45) is 0 Å². The zero-order valence-electron chi connectivity index (χ0n) is 19.2. The van der Waals surface area contributed by atoms with Crippen LogP contribution in [0.4, 0.5) is 5.69 Å². The quantitative estimate of drug-likeness (QED) is 0.687. The summed E-state index contributed by atoms with van der Waals surface area (Å²) in [6.07, 6.45) is 1.72. The largest absolute Gasteiger partial charge is 0.390 e. The number of likely N-dealkylation sites (N-methyl/N-ethyl adjacent to an activating group) is 1. The number of para-hydroxylation sites is 1. The first-order valence-corrected chi connectivity index (χ1v) is 11.8. The molecule has 0 aliphatic carbocycles. The van der Waals surface area contributed by atoms with Crippen molar-refractivity contribution >= 4 is 11.6 Å². The van der Waals surface area contributed by atoms with E-state index >= 15 is 0 Å². The van der Waals surface area contributed by atoms with Crippen LogP contribution in [0.1, 0.15) is 17.5 Å². The number of nitrogens with zero attached hydrogens (tertiary/aromatic N) is 4. The van der Waals surface area contributed by atoms with E-state index in [0.29, 0.717) is 19.6 Å². The van der Waals surface area contributed by atoms with Crippen LogP contribution in [-0.2, 0) is 17.8 Å². The van der Waals surface area contributed by atoms with Gasteiger partial charge in [-0.1, -0.05) is 48.5 Å². The van der Waals surface area contributed by atoms with E-state index in [1.54, 1.807) is 0 Å². The molecule has 1 amide bonds. The molecule has 0 radical (unpaired) electrons. The highest BCUT2D eigenvalue weighted by molar-refractivity contribution is 5.95. The Morgan fingerprint density at radius 3 is 2.44 bits per heavy atom. The normalized spacial score (nSPS) is 18.5. The summed E-state index contributed by atoms with van der Waals surface area (Å²) in [5.41, 5.74) is 3.63. The summed E-state index contributed by atoms with van der Waals surface area (Å²) >= 11 is 0. The number of aryl methyl sites for hydroxylation is 1. The molecule has 0 bridgehead atoms. The van der Waals surface area contributed by atoms with Crippen LogP contribution in [0.5, 0.6) is 0 Å². The number of aliphatic hydroxyl groups is 1. The number of carbonyl (C=O) groups excluding carboxylic acids is 1. The van der Waals surface area contributed by atoms with Gasteiger partial charge in [-0.2, -0.15) is 0 Å². The summed E-state index contributed by atoms with van der Waals surface area (Å²) in [7, 11) is 2.05. The van der Waals surface area contributed by atoms with Gasteiger partial charge >= 0.3 is 0 Å². The molecule has 0 spiro atoms. The predicted molar refractivity (Wildman–Crippen MR) is 129 cm³/mol. The average Bonchev–Trinajstić information content (AvgIpc) is 2.80. The van der Waals surface area contributed by atoms with Crippen molar-refractivity contribution in [3.05, 3.63) is 65.7 Å². The molecule has 0 aromatic heterocycles.